The number of rotatable bonds is 3. The summed E-state index contributed by atoms with van der Waals surface area (Å²) in [4.78, 5) is 18.3. The Kier molecular flexibility index (Phi) is 3.88. The molecule has 3 rings (SSSR count). The first-order valence-corrected chi connectivity index (χ1v) is 7.58. The van der Waals surface area contributed by atoms with E-state index in [0.717, 1.165) is 47.3 Å². The van der Waals surface area contributed by atoms with Gasteiger partial charge in [-0.3, -0.25) is 9.78 Å². The maximum Gasteiger partial charge on any atom is 0.222 e. The van der Waals surface area contributed by atoms with Gasteiger partial charge >= 0.3 is 0 Å². The first-order chi connectivity index (χ1) is 10.6. The number of ether oxygens (including phenoxy) is 1. The Balaban J connectivity index is 2.09. The van der Waals surface area contributed by atoms with Crippen LogP contribution in [0.15, 0.2) is 24.4 Å². The average molecular weight is 299 g/mol. The number of primary amides is 1. The van der Waals surface area contributed by atoms with Crippen molar-refractivity contribution < 1.29 is 9.53 Å². The number of pyridine rings is 1. The molecule has 1 amide bonds. The lowest BCUT2D eigenvalue weighted by atomic mass is 9.96. The van der Waals surface area contributed by atoms with E-state index < -0.39 is 0 Å². The minimum absolute atomic E-state index is 0.0815. The van der Waals surface area contributed by atoms with Crippen LogP contribution >= 0.6 is 0 Å². The molecular weight excluding hydrogens is 278 g/mol. The number of methoxy groups -OCH3 is 1. The molecule has 0 unspecified atom stereocenters. The summed E-state index contributed by atoms with van der Waals surface area (Å²) in [6, 6.07) is 5.94. The highest BCUT2D eigenvalue weighted by atomic mass is 16.5. The summed E-state index contributed by atoms with van der Waals surface area (Å²) in [5.41, 5.74) is 8.60. The lowest BCUT2D eigenvalue weighted by molar-refractivity contribution is -0.122. The summed E-state index contributed by atoms with van der Waals surface area (Å²) in [5, 5.41) is 1.06. The van der Waals surface area contributed by atoms with Gasteiger partial charge in [-0.25, -0.2) is 0 Å². The molecule has 1 fully saturated rings. The number of hydrogen-bond acceptors (Lipinski definition) is 4. The number of nitrogens with two attached hydrogens (primary N) is 1. The molecule has 1 atom stereocenters. The van der Waals surface area contributed by atoms with Crippen molar-refractivity contribution in [2.24, 2.45) is 11.7 Å². The van der Waals surface area contributed by atoms with Gasteiger partial charge in [-0.15, -0.1) is 0 Å². The van der Waals surface area contributed by atoms with E-state index in [0.29, 0.717) is 6.54 Å². The summed E-state index contributed by atoms with van der Waals surface area (Å²) < 4.78 is 5.41. The standard InChI is InChI=1S/C17H21N3O2/c1-11-9-19-15-13(6-3-7-14(15)22-2)16(11)20-8-4-5-12(10-20)17(18)21/h3,6-7,9,12H,4-5,8,10H2,1-2H3,(H2,18,21)/t12-/m0/s1. The van der Waals surface area contributed by atoms with Crippen molar-refractivity contribution >= 4 is 22.5 Å². The summed E-state index contributed by atoms with van der Waals surface area (Å²) in [6.45, 7) is 3.66. The first kappa shape index (κ1) is 14.6. The van der Waals surface area contributed by atoms with Crippen LogP contribution in [0.25, 0.3) is 10.9 Å². The second-order valence-corrected chi connectivity index (χ2v) is 5.83. The van der Waals surface area contributed by atoms with Gasteiger partial charge in [0.25, 0.3) is 0 Å². The van der Waals surface area contributed by atoms with Gasteiger partial charge in [0.1, 0.15) is 11.3 Å². The van der Waals surface area contributed by atoms with Gasteiger partial charge in [0.2, 0.25) is 5.91 Å². The molecule has 1 saturated heterocycles. The predicted octanol–water partition coefficient (Wildman–Crippen LogP) is 2.25. The third-order valence-electron chi connectivity index (χ3n) is 4.37. The van der Waals surface area contributed by atoms with Crippen molar-refractivity contribution in [2.75, 3.05) is 25.1 Å². The summed E-state index contributed by atoms with van der Waals surface area (Å²) >= 11 is 0. The Morgan fingerprint density at radius 1 is 1.45 bits per heavy atom. The zero-order chi connectivity index (χ0) is 15.7. The third-order valence-corrected chi connectivity index (χ3v) is 4.37. The zero-order valence-corrected chi connectivity index (χ0v) is 13.0. The van der Waals surface area contributed by atoms with Crippen LogP contribution in [-0.4, -0.2) is 31.1 Å². The van der Waals surface area contributed by atoms with Gasteiger partial charge in [0, 0.05) is 24.7 Å². The molecule has 2 heterocycles. The molecule has 0 saturated carbocycles. The highest BCUT2D eigenvalue weighted by Crippen LogP contribution is 2.35. The topological polar surface area (TPSA) is 68.5 Å². The monoisotopic (exact) mass is 299 g/mol. The molecule has 5 heteroatoms. The largest absolute Gasteiger partial charge is 0.494 e. The number of aryl methyl sites for hydroxylation is 1. The highest BCUT2D eigenvalue weighted by Gasteiger charge is 2.26. The molecular formula is C17H21N3O2. The van der Waals surface area contributed by atoms with Crippen molar-refractivity contribution in [3.8, 4) is 5.75 Å². The number of amides is 1. The van der Waals surface area contributed by atoms with Crippen LogP contribution in [0.1, 0.15) is 18.4 Å². The van der Waals surface area contributed by atoms with Gasteiger partial charge in [0.15, 0.2) is 0 Å². The molecule has 1 aromatic heterocycles. The Morgan fingerprint density at radius 3 is 3.00 bits per heavy atom. The van der Waals surface area contributed by atoms with E-state index in [1.54, 1.807) is 7.11 Å². The maximum atomic E-state index is 11.5. The number of fused-ring (bicyclic) bond motifs is 1. The second-order valence-electron chi connectivity index (χ2n) is 5.83. The number of carbonyl (C=O) groups is 1. The minimum Gasteiger partial charge on any atom is -0.494 e. The van der Waals surface area contributed by atoms with E-state index in [1.165, 1.54) is 0 Å². The van der Waals surface area contributed by atoms with E-state index in [1.807, 2.05) is 18.3 Å². The SMILES string of the molecule is COc1cccc2c(N3CCC[C@H](C(N)=O)C3)c(C)cnc12. The van der Waals surface area contributed by atoms with Crippen LogP contribution in [0, 0.1) is 12.8 Å². The Bertz CT molecular complexity index is 714. The van der Waals surface area contributed by atoms with E-state index in [2.05, 4.69) is 22.9 Å². The molecule has 0 aliphatic carbocycles. The molecule has 0 radical (unpaired) electrons. The number of aromatic nitrogens is 1. The molecule has 1 aromatic carbocycles. The van der Waals surface area contributed by atoms with Gasteiger partial charge in [-0.2, -0.15) is 0 Å². The van der Waals surface area contributed by atoms with E-state index >= 15 is 0 Å². The molecule has 1 aliphatic heterocycles. The van der Waals surface area contributed by atoms with Gasteiger partial charge < -0.3 is 15.4 Å². The average Bonchev–Trinajstić information content (AvgIpc) is 2.54. The maximum absolute atomic E-state index is 11.5. The van der Waals surface area contributed by atoms with Crippen LogP contribution < -0.4 is 15.4 Å². The lowest BCUT2D eigenvalue weighted by Gasteiger charge is -2.34. The van der Waals surface area contributed by atoms with Crippen LogP contribution in [0.4, 0.5) is 5.69 Å². The molecule has 2 aromatic rings. The van der Waals surface area contributed by atoms with Crippen molar-refractivity contribution in [1.29, 1.82) is 0 Å². The van der Waals surface area contributed by atoms with E-state index in [4.69, 9.17) is 10.5 Å². The molecule has 2 N–H and O–H groups in total. The molecule has 22 heavy (non-hydrogen) atoms. The quantitative estimate of drug-likeness (QED) is 0.944. The molecule has 116 valence electrons. The number of nitrogens with zero attached hydrogens (tertiary/aromatic N) is 2. The smallest absolute Gasteiger partial charge is 0.222 e. The number of carbonyl (C=O) groups excluding carboxylic acids is 1. The van der Waals surface area contributed by atoms with Gasteiger partial charge in [0.05, 0.1) is 18.7 Å². The van der Waals surface area contributed by atoms with Gasteiger partial charge in [-0.05, 0) is 31.4 Å². The fourth-order valence-corrected chi connectivity index (χ4v) is 3.28. The number of anilines is 1. The number of piperidine rings is 1. The zero-order valence-electron chi connectivity index (χ0n) is 13.0. The summed E-state index contributed by atoms with van der Waals surface area (Å²) in [6.07, 6.45) is 3.71. The Labute approximate surface area is 130 Å². The Hall–Kier alpha value is -2.30. The molecule has 0 bridgehead atoms. The predicted molar refractivity (Wildman–Crippen MR) is 87.2 cm³/mol. The molecule has 5 nitrogen and oxygen atoms in total. The van der Waals surface area contributed by atoms with Crippen LogP contribution in [-0.2, 0) is 4.79 Å². The van der Waals surface area contributed by atoms with Crippen molar-refractivity contribution in [2.45, 2.75) is 19.8 Å². The van der Waals surface area contributed by atoms with Crippen molar-refractivity contribution in [3.63, 3.8) is 0 Å². The fraction of sp³-hybridized carbons (Fsp3) is 0.412. The lowest BCUT2D eigenvalue weighted by Crippen LogP contribution is -2.41. The summed E-state index contributed by atoms with van der Waals surface area (Å²) in [5.74, 6) is 0.475. The third kappa shape index (κ3) is 2.47. The first-order valence-electron chi connectivity index (χ1n) is 7.58. The summed E-state index contributed by atoms with van der Waals surface area (Å²) in [7, 11) is 1.65. The van der Waals surface area contributed by atoms with E-state index in [-0.39, 0.29) is 11.8 Å². The number of hydrogen-bond donors (Lipinski definition) is 1. The Morgan fingerprint density at radius 2 is 2.27 bits per heavy atom. The van der Waals surface area contributed by atoms with Gasteiger partial charge in [-0.1, -0.05) is 12.1 Å². The molecule has 0 spiro atoms. The molecule has 1 aliphatic rings. The number of benzene rings is 1. The van der Waals surface area contributed by atoms with Crippen molar-refractivity contribution in [3.05, 3.63) is 30.0 Å². The number of para-hydroxylation sites is 1. The highest BCUT2D eigenvalue weighted by molar-refractivity contribution is 5.96. The van der Waals surface area contributed by atoms with E-state index in [9.17, 15) is 4.79 Å². The van der Waals surface area contributed by atoms with Crippen LogP contribution in [0.2, 0.25) is 0 Å². The van der Waals surface area contributed by atoms with Crippen molar-refractivity contribution in [1.82, 2.24) is 4.98 Å². The fourth-order valence-electron chi connectivity index (χ4n) is 3.28. The van der Waals surface area contributed by atoms with Crippen LogP contribution in [0.3, 0.4) is 0 Å². The second kappa shape index (κ2) is 5.83. The van der Waals surface area contributed by atoms with Crippen LogP contribution in [0.5, 0.6) is 5.75 Å². The normalized spacial score (nSPS) is 18.5. The minimum atomic E-state index is -0.210.